The summed E-state index contributed by atoms with van der Waals surface area (Å²) in [6.07, 6.45) is 6.14. The molecule has 0 fully saturated rings. The van der Waals surface area contributed by atoms with Crippen LogP contribution in [0.4, 0.5) is 0 Å². The molecule has 1 atom stereocenters. The van der Waals surface area contributed by atoms with Crippen LogP contribution in [0.5, 0.6) is 0 Å². The van der Waals surface area contributed by atoms with Gasteiger partial charge in [0, 0.05) is 5.56 Å². The maximum atomic E-state index is 11.4. The number of carbonyl (C=O) groups excluding carboxylic acids is 2. The molecule has 0 bridgehead atoms. The monoisotopic (exact) mass is 303 g/mol. The lowest BCUT2D eigenvalue weighted by atomic mass is 10.2. The Hall–Kier alpha value is -2.63. The van der Waals surface area contributed by atoms with Gasteiger partial charge in [-0.2, -0.15) is 0 Å². The Bertz CT molecular complexity index is 608. The predicted octanol–water partition coefficient (Wildman–Crippen LogP) is -0.113. The minimum absolute atomic E-state index is 0.415. The van der Waals surface area contributed by atoms with Gasteiger partial charge in [0.05, 0.1) is 25.6 Å². The zero-order valence-corrected chi connectivity index (χ0v) is 13.0. The van der Waals surface area contributed by atoms with Crippen molar-refractivity contribution in [1.82, 2.24) is 9.88 Å². The minimum Gasteiger partial charge on any atom is -0.548 e. The average molecular weight is 303 g/mol. The average Bonchev–Trinajstić information content (AvgIpc) is 2.94. The van der Waals surface area contributed by atoms with Crippen LogP contribution in [0.3, 0.4) is 0 Å². The Kier molecular flexibility index (Phi) is 6.82. The van der Waals surface area contributed by atoms with Crippen LogP contribution in [0.2, 0.25) is 0 Å². The molecule has 2 rings (SSSR count). The summed E-state index contributed by atoms with van der Waals surface area (Å²) in [4.78, 5) is 21.7. The van der Waals surface area contributed by atoms with Gasteiger partial charge in [0.1, 0.15) is 12.4 Å². The molecule has 2 aromatic rings. The molecule has 118 valence electrons. The van der Waals surface area contributed by atoms with Crippen LogP contribution >= 0.6 is 0 Å². The van der Waals surface area contributed by atoms with E-state index in [2.05, 4.69) is 29.3 Å². The van der Waals surface area contributed by atoms with Crippen molar-refractivity contribution in [1.29, 1.82) is 0 Å². The first-order chi connectivity index (χ1) is 10.4. The third-order valence-electron chi connectivity index (χ3n) is 2.93. The third-order valence-corrected chi connectivity index (χ3v) is 2.93. The number of hydrogen-bond acceptors (Lipinski definition) is 3. The number of carboxylic acid groups (broad SMARTS) is 1. The summed E-state index contributed by atoms with van der Waals surface area (Å²) in [6, 6.07) is 7.42. The maximum absolute atomic E-state index is 11.4. The molecule has 0 aliphatic carbocycles. The zero-order chi connectivity index (χ0) is 16.5. The number of aryl methyl sites for hydroxylation is 2. The van der Waals surface area contributed by atoms with Gasteiger partial charge < -0.3 is 15.2 Å². The second-order valence-electron chi connectivity index (χ2n) is 4.79. The van der Waals surface area contributed by atoms with Crippen molar-refractivity contribution >= 4 is 11.9 Å². The summed E-state index contributed by atoms with van der Waals surface area (Å²) >= 11 is 0. The maximum Gasteiger partial charge on any atom is 0.251 e. The molecule has 0 saturated heterocycles. The summed E-state index contributed by atoms with van der Waals surface area (Å²) in [6.45, 7) is 4.54. The molecule has 1 unspecified atom stereocenters. The fraction of sp³-hybridized carbons (Fsp3) is 0.312. The van der Waals surface area contributed by atoms with Gasteiger partial charge in [-0.3, -0.25) is 4.79 Å². The van der Waals surface area contributed by atoms with Crippen LogP contribution in [0.1, 0.15) is 24.2 Å². The second-order valence-corrected chi connectivity index (χ2v) is 4.79. The van der Waals surface area contributed by atoms with Crippen LogP contribution in [-0.2, 0) is 18.4 Å². The van der Waals surface area contributed by atoms with Gasteiger partial charge in [-0.25, -0.2) is 9.13 Å². The van der Waals surface area contributed by atoms with Crippen LogP contribution in [0.25, 0.3) is 0 Å². The van der Waals surface area contributed by atoms with E-state index in [-0.39, 0.29) is 0 Å². The summed E-state index contributed by atoms with van der Waals surface area (Å²) in [5, 5.41) is 12.6. The molecular formula is C16H21N3O3. The first kappa shape index (κ1) is 17.4. The van der Waals surface area contributed by atoms with Crippen molar-refractivity contribution in [2.75, 3.05) is 0 Å². The predicted molar refractivity (Wildman–Crippen MR) is 79.7 cm³/mol. The molecule has 1 heterocycles. The topological polar surface area (TPSA) is 78.0 Å². The van der Waals surface area contributed by atoms with Crippen molar-refractivity contribution in [3.05, 3.63) is 54.6 Å². The third kappa shape index (κ3) is 5.78. The molecule has 0 aliphatic rings. The molecule has 1 aromatic heterocycles. The lowest BCUT2D eigenvalue weighted by molar-refractivity contribution is -0.671. The van der Waals surface area contributed by atoms with E-state index in [1.807, 2.05) is 17.8 Å². The number of hydrogen-bond donors (Lipinski definition) is 1. The van der Waals surface area contributed by atoms with Crippen LogP contribution < -0.4 is 15.0 Å². The Labute approximate surface area is 130 Å². The number of amides is 1. The summed E-state index contributed by atoms with van der Waals surface area (Å²) in [5.41, 5.74) is 0.431. The van der Waals surface area contributed by atoms with E-state index in [0.717, 1.165) is 6.54 Å². The lowest BCUT2D eigenvalue weighted by Crippen LogP contribution is -2.45. The SMILES string of the molecule is CC(NC(=O)c1ccccc1)C(=O)[O-].CCn1cc[n+](C)c1. The normalized spacial score (nSPS) is 11.0. The molecule has 6 nitrogen and oxygen atoms in total. The first-order valence-electron chi connectivity index (χ1n) is 7.01. The zero-order valence-electron chi connectivity index (χ0n) is 13.0. The number of carbonyl (C=O) groups is 2. The van der Waals surface area contributed by atoms with Crippen LogP contribution in [-0.4, -0.2) is 22.5 Å². The van der Waals surface area contributed by atoms with E-state index in [4.69, 9.17) is 0 Å². The minimum atomic E-state index is -1.30. The van der Waals surface area contributed by atoms with E-state index in [0.29, 0.717) is 5.56 Å². The molecule has 6 heteroatoms. The number of aromatic nitrogens is 2. The number of benzene rings is 1. The standard InChI is InChI=1S/C10H11NO3.C6H11N2/c1-7(10(13)14)11-9(12)8-5-3-2-4-6-8;1-3-8-5-4-7(2)6-8/h2-7H,1H3,(H,11,12)(H,13,14);4-6H,3H2,1-2H3/q;+1/p-1. The first-order valence-corrected chi connectivity index (χ1v) is 7.01. The second kappa shape index (κ2) is 8.61. The largest absolute Gasteiger partial charge is 0.548 e. The highest BCUT2D eigenvalue weighted by atomic mass is 16.4. The van der Waals surface area contributed by atoms with Crippen LogP contribution in [0.15, 0.2) is 49.1 Å². The summed E-state index contributed by atoms with van der Waals surface area (Å²) < 4.78 is 4.16. The molecule has 0 saturated carbocycles. The van der Waals surface area contributed by atoms with Gasteiger partial charge in [0.15, 0.2) is 0 Å². The quantitative estimate of drug-likeness (QED) is 0.800. The van der Waals surface area contributed by atoms with Crippen LogP contribution in [0, 0.1) is 0 Å². The Balaban J connectivity index is 0.000000255. The van der Waals surface area contributed by atoms with Crippen molar-refractivity contribution in [2.24, 2.45) is 7.05 Å². The van der Waals surface area contributed by atoms with E-state index in [1.54, 1.807) is 30.3 Å². The number of carboxylic acids is 1. The fourth-order valence-corrected chi connectivity index (χ4v) is 1.62. The number of rotatable bonds is 4. The van der Waals surface area contributed by atoms with E-state index < -0.39 is 17.9 Å². The summed E-state index contributed by atoms with van der Waals surface area (Å²) in [5.74, 6) is -1.71. The highest BCUT2D eigenvalue weighted by Gasteiger charge is 2.08. The van der Waals surface area contributed by atoms with Gasteiger partial charge in [0.25, 0.3) is 5.91 Å². The lowest BCUT2D eigenvalue weighted by Gasteiger charge is -2.14. The molecule has 22 heavy (non-hydrogen) atoms. The van der Waals surface area contributed by atoms with Gasteiger partial charge in [-0.05, 0) is 26.0 Å². The molecule has 1 aromatic carbocycles. The molecule has 0 aliphatic heterocycles. The van der Waals surface area contributed by atoms with E-state index >= 15 is 0 Å². The Morgan fingerprint density at radius 1 is 1.32 bits per heavy atom. The molecule has 0 radical (unpaired) electrons. The van der Waals surface area contributed by atoms with Gasteiger partial charge >= 0.3 is 0 Å². The van der Waals surface area contributed by atoms with Gasteiger partial charge in [-0.15, -0.1) is 0 Å². The van der Waals surface area contributed by atoms with E-state index in [1.165, 1.54) is 6.92 Å². The molecule has 1 N–H and O–H groups in total. The van der Waals surface area contributed by atoms with Crippen molar-refractivity contribution < 1.29 is 19.3 Å². The van der Waals surface area contributed by atoms with Crippen molar-refractivity contribution in [3.63, 3.8) is 0 Å². The molecular weight excluding hydrogens is 282 g/mol. The van der Waals surface area contributed by atoms with Gasteiger partial charge in [-0.1, -0.05) is 18.2 Å². The number of imidazole rings is 1. The molecule has 0 spiro atoms. The van der Waals surface area contributed by atoms with Gasteiger partial charge in [0.2, 0.25) is 6.33 Å². The van der Waals surface area contributed by atoms with Crippen molar-refractivity contribution in [2.45, 2.75) is 26.4 Å². The number of aliphatic carboxylic acids is 1. The highest BCUT2D eigenvalue weighted by Crippen LogP contribution is 1.98. The smallest absolute Gasteiger partial charge is 0.251 e. The Morgan fingerprint density at radius 3 is 2.36 bits per heavy atom. The molecule has 1 amide bonds. The number of nitrogens with zero attached hydrogens (tertiary/aromatic N) is 2. The number of nitrogens with one attached hydrogen (secondary N) is 1. The summed E-state index contributed by atoms with van der Waals surface area (Å²) in [7, 11) is 2.02. The van der Waals surface area contributed by atoms with E-state index in [9.17, 15) is 14.7 Å². The Morgan fingerprint density at radius 2 is 1.95 bits per heavy atom. The highest BCUT2D eigenvalue weighted by molar-refractivity contribution is 5.96. The van der Waals surface area contributed by atoms with Crippen molar-refractivity contribution in [3.8, 4) is 0 Å². The fourth-order valence-electron chi connectivity index (χ4n) is 1.62.